The number of rotatable bonds is 5. The predicted molar refractivity (Wildman–Crippen MR) is 94.5 cm³/mol. The number of ether oxygens (including phenoxy) is 3. The van der Waals surface area contributed by atoms with Crippen molar-refractivity contribution in [1.29, 1.82) is 0 Å². The number of nitrogen functional groups attached to an aromatic ring is 1. The number of aryl methyl sites for hydroxylation is 1. The number of anilines is 1. The average Bonchev–Trinajstić information content (AvgIpc) is 3.13. The lowest BCUT2D eigenvalue weighted by Gasteiger charge is -2.24. The average molecular weight is 382 g/mol. The lowest BCUT2D eigenvalue weighted by molar-refractivity contribution is -0.153. The summed E-state index contributed by atoms with van der Waals surface area (Å²) in [6, 6.07) is 0. The topological polar surface area (TPSA) is 126 Å². The Labute approximate surface area is 157 Å². The highest BCUT2D eigenvalue weighted by Crippen LogP contribution is 2.22. The van der Waals surface area contributed by atoms with E-state index in [2.05, 4.69) is 5.10 Å². The Bertz CT molecular complexity index is 709. The first-order chi connectivity index (χ1) is 12.6. The van der Waals surface area contributed by atoms with Crippen molar-refractivity contribution in [2.75, 3.05) is 25.6 Å². The van der Waals surface area contributed by atoms with Crippen molar-refractivity contribution in [3.05, 3.63) is 11.8 Å². The summed E-state index contributed by atoms with van der Waals surface area (Å²) in [4.78, 5) is 37.3. The number of hydrogen-bond donors (Lipinski definition) is 1. The van der Waals surface area contributed by atoms with Crippen LogP contribution < -0.4 is 5.73 Å². The van der Waals surface area contributed by atoms with Crippen molar-refractivity contribution >= 4 is 23.8 Å². The second-order valence-corrected chi connectivity index (χ2v) is 7.42. The molecule has 0 aromatic carbocycles. The third kappa shape index (κ3) is 5.87. The Balaban J connectivity index is 1.70. The van der Waals surface area contributed by atoms with E-state index in [1.165, 1.54) is 10.9 Å². The number of carbonyl (C=O) groups excluding carboxylic acids is 3. The van der Waals surface area contributed by atoms with Gasteiger partial charge in [0.2, 0.25) is 6.79 Å². The molecule has 2 N–H and O–H groups in total. The molecule has 1 aromatic heterocycles. The molecule has 1 fully saturated rings. The number of hydrogen-bond acceptors (Lipinski definition) is 8. The molecule has 1 aliphatic heterocycles. The van der Waals surface area contributed by atoms with E-state index < -0.39 is 24.3 Å². The van der Waals surface area contributed by atoms with Crippen molar-refractivity contribution in [1.82, 2.24) is 14.7 Å². The number of nitrogens with zero attached hydrogens (tertiary/aromatic N) is 3. The van der Waals surface area contributed by atoms with Gasteiger partial charge in [-0.15, -0.1) is 0 Å². The maximum atomic E-state index is 12.0. The zero-order valence-corrected chi connectivity index (χ0v) is 16.1. The van der Waals surface area contributed by atoms with Crippen LogP contribution >= 0.6 is 0 Å². The fraction of sp³-hybridized carbons (Fsp3) is 0.647. The van der Waals surface area contributed by atoms with Gasteiger partial charge in [-0.3, -0.25) is 9.48 Å². The molecule has 0 aliphatic carbocycles. The largest absolute Gasteiger partial charge is 0.444 e. The molecular weight excluding hydrogens is 356 g/mol. The number of carbonyl (C=O) groups is 3. The molecule has 0 radical (unpaired) electrons. The fourth-order valence-corrected chi connectivity index (χ4v) is 2.62. The van der Waals surface area contributed by atoms with Gasteiger partial charge in [0.05, 0.1) is 12.6 Å². The summed E-state index contributed by atoms with van der Waals surface area (Å²) in [7, 11) is 1.59. The van der Waals surface area contributed by atoms with Gasteiger partial charge in [0.1, 0.15) is 17.0 Å². The summed E-state index contributed by atoms with van der Waals surface area (Å²) in [5, 5.41) is 3.83. The minimum absolute atomic E-state index is 0.0188. The molecular formula is C17H26N4O6. The molecule has 27 heavy (non-hydrogen) atoms. The molecule has 2 rings (SSSR count). The first-order valence-corrected chi connectivity index (χ1v) is 8.65. The minimum Gasteiger partial charge on any atom is -0.444 e. The monoisotopic (exact) mass is 382 g/mol. The van der Waals surface area contributed by atoms with Gasteiger partial charge in [0.15, 0.2) is 0 Å². The quantitative estimate of drug-likeness (QED) is 0.597. The van der Waals surface area contributed by atoms with E-state index in [1.807, 2.05) is 0 Å². The SMILES string of the molecule is Cn1ncc(C(=O)OCOC(=O)CC2CCN(C(=O)OC(C)(C)C)C2)c1N. The number of nitrogens with two attached hydrogens (primary N) is 1. The van der Waals surface area contributed by atoms with Gasteiger partial charge >= 0.3 is 18.0 Å². The predicted octanol–water partition coefficient (Wildman–Crippen LogP) is 1.31. The van der Waals surface area contributed by atoms with Crippen molar-refractivity contribution in [3.8, 4) is 0 Å². The van der Waals surface area contributed by atoms with E-state index in [9.17, 15) is 14.4 Å². The van der Waals surface area contributed by atoms with Gasteiger partial charge in [0, 0.05) is 20.1 Å². The highest BCUT2D eigenvalue weighted by molar-refractivity contribution is 5.93. The lowest BCUT2D eigenvalue weighted by Crippen LogP contribution is -2.35. The fourth-order valence-electron chi connectivity index (χ4n) is 2.62. The maximum absolute atomic E-state index is 12.0. The summed E-state index contributed by atoms with van der Waals surface area (Å²) >= 11 is 0. The molecule has 2 heterocycles. The van der Waals surface area contributed by atoms with Crippen molar-refractivity contribution < 1.29 is 28.6 Å². The Kier molecular flexibility index (Phi) is 6.29. The van der Waals surface area contributed by atoms with Crippen LogP contribution in [0.3, 0.4) is 0 Å². The van der Waals surface area contributed by atoms with Crippen LogP contribution in [0.5, 0.6) is 0 Å². The van der Waals surface area contributed by atoms with Crippen molar-refractivity contribution in [2.45, 2.75) is 39.2 Å². The summed E-state index contributed by atoms with van der Waals surface area (Å²) < 4.78 is 16.5. The first-order valence-electron chi connectivity index (χ1n) is 8.65. The summed E-state index contributed by atoms with van der Waals surface area (Å²) in [6.45, 7) is 5.86. The van der Waals surface area contributed by atoms with E-state index in [-0.39, 0.29) is 29.8 Å². The van der Waals surface area contributed by atoms with Gasteiger partial charge in [0.25, 0.3) is 0 Å². The van der Waals surface area contributed by atoms with Crippen molar-refractivity contribution in [3.63, 3.8) is 0 Å². The highest BCUT2D eigenvalue weighted by atomic mass is 16.7. The van der Waals surface area contributed by atoms with E-state index in [0.717, 1.165) is 0 Å². The van der Waals surface area contributed by atoms with E-state index in [0.29, 0.717) is 19.5 Å². The minimum atomic E-state index is -0.717. The number of aromatic nitrogens is 2. The zero-order valence-electron chi connectivity index (χ0n) is 16.1. The molecule has 1 amide bonds. The molecule has 1 saturated heterocycles. The van der Waals surface area contributed by atoms with Crippen LogP contribution in [0, 0.1) is 5.92 Å². The van der Waals surface area contributed by atoms with E-state index in [4.69, 9.17) is 19.9 Å². The Morgan fingerprint density at radius 1 is 1.30 bits per heavy atom. The molecule has 10 nitrogen and oxygen atoms in total. The Hall–Kier alpha value is -2.78. The maximum Gasteiger partial charge on any atom is 0.410 e. The molecule has 150 valence electrons. The Morgan fingerprint density at radius 3 is 2.59 bits per heavy atom. The van der Waals surface area contributed by atoms with Crippen molar-refractivity contribution in [2.24, 2.45) is 13.0 Å². The standard InChI is InChI=1S/C17H26N4O6/c1-17(2,3)27-16(24)21-6-5-11(9-21)7-13(22)25-10-26-15(23)12-8-19-20(4)14(12)18/h8,11H,5-7,9-10,18H2,1-4H3. The molecule has 0 saturated carbocycles. The second kappa shape index (κ2) is 8.28. The van der Waals surface area contributed by atoms with E-state index >= 15 is 0 Å². The lowest BCUT2D eigenvalue weighted by atomic mass is 10.1. The highest BCUT2D eigenvalue weighted by Gasteiger charge is 2.31. The van der Waals surface area contributed by atoms with Crippen LogP contribution in [0.25, 0.3) is 0 Å². The van der Waals surface area contributed by atoms with Gasteiger partial charge < -0.3 is 24.8 Å². The molecule has 1 aliphatic rings. The third-order valence-corrected chi connectivity index (χ3v) is 4.01. The number of amides is 1. The smallest absolute Gasteiger partial charge is 0.410 e. The molecule has 10 heteroatoms. The third-order valence-electron chi connectivity index (χ3n) is 4.01. The van der Waals surface area contributed by atoms with Gasteiger partial charge in [-0.05, 0) is 33.1 Å². The number of esters is 2. The van der Waals surface area contributed by atoms with Gasteiger partial charge in [-0.25, -0.2) is 9.59 Å². The van der Waals surface area contributed by atoms with Gasteiger partial charge in [-0.2, -0.15) is 5.10 Å². The normalized spacial score (nSPS) is 16.9. The van der Waals surface area contributed by atoms with Crippen LogP contribution in [-0.4, -0.2) is 58.2 Å². The number of likely N-dealkylation sites (tertiary alicyclic amines) is 1. The zero-order chi connectivity index (χ0) is 20.2. The molecule has 0 spiro atoms. The summed E-state index contributed by atoms with van der Waals surface area (Å²) in [5.74, 6) is -1.07. The van der Waals surface area contributed by atoms with Crippen LogP contribution in [0.15, 0.2) is 6.20 Å². The molecule has 1 aromatic rings. The Morgan fingerprint density at radius 2 is 2.00 bits per heavy atom. The van der Waals surface area contributed by atoms with Crippen LogP contribution in [0.2, 0.25) is 0 Å². The summed E-state index contributed by atoms with van der Waals surface area (Å²) in [6.07, 6.45) is 1.71. The molecule has 1 unspecified atom stereocenters. The molecule has 1 atom stereocenters. The second-order valence-electron chi connectivity index (χ2n) is 7.42. The van der Waals surface area contributed by atoms with Crippen LogP contribution in [-0.2, 0) is 26.1 Å². The van der Waals surface area contributed by atoms with Gasteiger partial charge in [-0.1, -0.05) is 0 Å². The van der Waals surface area contributed by atoms with Crippen LogP contribution in [0.4, 0.5) is 10.6 Å². The van der Waals surface area contributed by atoms with Crippen LogP contribution in [0.1, 0.15) is 44.0 Å². The summed E-state index contributed by atoms with van der Waals surface area (Å²) in [5.41, 5.74) is 5.22. The van der Waals surface area contributed by atoms with E-state index in [1.54, 1.807) is 32.7 Å². The first kappa shape index (κ1) is 20.5. The molecule has 0 bridgehead atoms.